The van der Waals surface area contributed by atoms with Crippen LogP contribution in [0.1, 0.15) is 35.3 Å². The van der Waals surface area contributed by atoms with E-state index in [1.54, 1.807) is 24.3 Å². The number of rotatable bonds is 6. The lowest BCUT2D eigenvalue weighted by Gasteiger charge is -2.24. The van der Waals surface area contributed by atoms with Gasteiger partial charge in [-0.3, -0.25) is 0 Å². The van der Waals surface area contributed by atoms with Crippen LogP contribution in [0.15, 0.2) is 66.7 Å². The van der Waals surface area contributed by atoms with E-state index in [0.29, 0.717) is 22.0 Å². The van der Waals surface area contributed by atoms with Crippen LogP contribution < -0.4 is 5.32 Å². The molecule has 0 spiro atoms. The van der Waals surface area contributed by atoms with E-state index in [9.17, 15) is 9.50 Å². The van der Waals surface area contributed by atoms with Gasteiger partial charge >= 0.3 is 0 Å². The predicted molar refractivity (Wildman–Crippen MR) is 110 cm³/mol. The second kappa shape index (κ2) is 8.75. The van der Waals surface area contributed by atoms with Gasteiger partial charge in [-0.05, 0) is 60.0 Å². The summed E-state index contributed by atoms with van der Waals surface area (Å²) in [7, 11) is 0. The smallest absolute Gasteiger partial charge is 0.123 e. The quantitative estimate of drug-likeness (QED) is 0.478. The number of nitrogens with one attached hydrogen (secondary N) is 1. The minimum absolute atomic E-state index is 0.207. The highest BCUT2D eigenvalue weighted by Crippen LogP contribution is 2.33. The van der Waals surface area contributed by atoms with Crippen LogP contribution in [-0.4, -0.2) is 5.11 Å². The molecule has 3 aromatic carbocycles. The van der Waals surface area contributed by atoms with Crippen LogP contribution in [0.5, 0.6) is 0 Å². The minimum atomic E-state index is -0.762. The molecule has 0 saturated heterocycles. The van der Waals surface area contributed by atoms with Crippen molar-refractivity contribution in [1.82, 2.24) is 0 Å². The average Bonchev–Trinajstić information content (AvgIpc) is 2.64. The maximum atomic E-state index is 13.2. The number of aliphatic hydroxyl groups excluding tert-OH is 1. The number of halogens is 3. The lowest BCUT2D eigenvalue weighted by atomic mass is 9.96. The zero-order valence-corrected chi connectivity index (χ0v) is 16.3. The van der Waals surface area contributed by atoms with Gasteiger partial charge in [-0.25, -0.2) is 4.39 Å². The first-order chi connectivity index (χ1) is 12.9. The summed E-state index contributed by atoms with van der Waals surface area (Å²) in [5.41, 5.74) is 3.64. The van der Waals surface area contributed by atoms with Crippen LogP contribution in [-0.2, 0) is 0 Å². The molecular weight excluding hydrogens is 384 g/mol. The molecule has 0 aromatic heterocycles. The summed E-state index contributed by atoms with van der Waals surface area (Å²) in [6.07, 6.45) is -0.375. The Hall–Kier alpha value is -2.07. The van der Waals surface area contributed by atoms with Crippen molar-refractivity contribution >= 4 is 28.9 Å². The van der Waals surface area contributed by atoms with Crippen LogP contribution in [0.4, 0.5) is 10.1 Å². The number of hydrogen-bond acceptors (Lipinski definition) is 2. The molecule has 3 rings (SSSR count). The summed E-state index contributed by atoms with van der Waals surface area (Å²) in [5.74, 6) is -0.329. The Morgan fingerprint density at radius 3 is 2.30 bits per heavy atom. The van der Waals surface area contributed by atoms with Crippen LogP contribution in [0.2, 0.25) is 10.0 Å². The van der Waals surface area contributed by atoms with Crippen molar-refractivity contribution in [2.45, 2.75) is 25.5 Å². The van der Waals surface area contributed by atoms with E-state index >= 15 is 0 Å². The van der Waals surface area contributed by atoms with E-state index in [4.69, 9.17) is 23.2 Å². The van der Waals surface area contributed by atoms with Gasteiger partial charge in [0.1, 0.15) is 5.82 Å². The third-order valence-corrected chi connectivity index (χ3v) is 5.16. The molecule has 5 heteroatoms. The van der Waals surface area contributed by atoms with Gasteiger partial charge in [-0.15, -0.1) is 0 Å². The molecule has 0 aliphatic heterocycles. The molecule has 27 heavy (non-hydrogen) atoms. The molecule has 0 radical (unpaired) electrons. The fourth-order valence-corrected chi connectivity index (χ4v) is 3.29. The van der Waals surface area contributed by atoms with Gasteiger partial charge in [0, 0.05) is 12.1 Å². The molecule has 0 bridgehead atoms. The standard InChI is InChI=1S/C22H20Cl2FNO/c1-14-3-2-4-18(11-14)26-21(16-7-10-19(23)20(24)12-16)13-22(27)15-5-8-17(25)9-6-15/h2-12,21-22,26-27H,13H2,1H3. The van der Waals surface area contributed by atoms with Gasteiger partial charge in [0.15, 0.2) is 0 Å². The monoisotopic (exact) mass is 403 g/mol. The van der Waals surface area contributed by atoms with Crippen molar-refractivity contribution in [2.24, 2.45) is 0 Å². The lowest BCUT2D eigenvalue weighted by molar-refractivity contribution is 0.160. The van der Waals surface area contributed by atoms with Gasteiger partial charge in [0.2, 0.25) is 0 Å². The molecule has 0 fully saturated rings. The molecule has 2 nitrogen and oxygen atoms in total. The van der Waals surface area contributed by atoms with Crippen LogP contribution in [0.3, 0.4) is 0 Å². The van der Waals surface area contributed by atoms with Gasteiger partial charge in [-0.1, -0.05) is 53.5 Å². The summed E-state index contributed by atoms with van der Waals surface area (Å²) in [5, 5.41) is 15.1. The highest BCUT2D eigenvalue weighted by atomic mass is 35.5. The Bertz CT molecular complexity index is 914. The second-order valence-electron chi connectivity index (χ2n) is 6.54. The average molecular weight is 404 g/mol. The molecule has 2 N–H and O–H groups in total. The van der Waals surface area contributed by atoms with Crippen molar-refractivity contribution in [3.63, 3.8) is 0 Å². The SMILES string of the molecule is Cc1cccc(NC(CC(O)c2ccc(F)cc2)c2ccc(Cl)c(Cl)c2)c1. The largest absolute Gasteiger partial charge is 0.388 e. The summed E-state index contributed by atoms with van der Waals surface area (Å²) in [6.45, 7) is 2.02. The maximum Gasteiger partial charge on any atom is 0.123 e. The fourth-order valence-electron chi connectivity index (χ4n) is 2.99. The number of hydrogen-bond donors (Lipinski definition) is 2. The zero-order valence-electron chi connectivity index (χ0n) is 14.8. The second-order valence-corrected chi connectivity index (χ2v) is 7.36. The normalized spacial score (nSPS) is 13.2. The van der Waals surface area contributed by atoms with Crippen molar-refractivity contribution in [1.29, 1.82) is 0 Å². The maximum absolute atomic E-state index is 13.2. The van der Waals surface area contributed by atoms with E-state index in [1.807, 2.05) is 37.3 Å². The molecular formula is C22H20Cl2FNO. The zero-order chi connectivity index (χ0) is 19.4. The Morgan fingerprint density at radius 2 is 1.63 bits per heavy atom. The highest BCUT2D eigenvalue weighted by Gasteiger charge is 2.19. The number of aryl methyl sites for hydroxylation is 1. The van der Waals surface area contributed by atoms with Gasteiger partial charge in [0.05, 0.1) is 22.2 Å². The Kier molecular flexibility index (Phi) is 6.38. The summed E-state index contributed by atoms with van der Waals surface area (Å²) in [6, 6.07) is 19.1. The third-order valence-electron chi connectivity index (χ3n) is 4.42. The van der Waals surface area contributed by atoms with E-state index in [0.717, 1.165) is 16.8 Å². The first kappa shape index (κ1) is 19.7. The Labute approximate surface area is 168 Å². The number of benzene rings is 3. The van der Waals surface area contributed by atoms with Gasteiger partial charge in [0.25, 0.3) is 0 Å². The topological polar surface area (TPSA) is 32.3 Å². The predicted octanol–water partition coefficient (Wildman–Crippen LogP) is 6.72. The van der Waals surface area contributed by atoms with E-state index in [-0.39, 0.29) is 11.9 Å². The van der Waals surface area contributed by atoms with E-state index in [1.165, 1.54) is 12.1 Å². The Morgan fingerprint density at radius 1 is 0.926 bits per heavy atom. The Balaban J connectivity index is 1.88. The third kappa shape index (κ3) is 5.23. The van der Waals surface area contributed by atoms with Gasteiger partial charge in [-0.2, -0.15) is 0 Å². The molecule has 0 aliphatic carbocycles. The molecule has 3 aromatic rings. The van der Waals surface area contributed by atoms with Crippen molar-refractivity contribution in [3.8, 4) is 0 Å². The van der Waals surface area contributed by atoms with Gasteiger partial charge < -0.3 is 10.4 Å². The van der Waals surface area contributed by atoms with E-state index in [2.05, 4.69) is 5.32 Å². The van der Waals surface area contributed by atoms with E-state index < -0.39 is 6.10 Å². The van der Waals surface area contributed by atoms with Crippen molar-refractivity contribution in [2.75, 3.05) is 5.32 Å². The summed E-state index contributed by atoms with van der Waals surface area (Å²) in [4.78, 5) is 0. The first-order valence-corrected chi connectivity index (χ1v) is 9.39. The highest BCUT2D eigenvalue weighted by molar-refractivity contribution is 6.42. The van der Waals surface area contributed by atoms with Crippen molar-refractivity contribution < 1.29 is 9.50 Å². The van der Waals surface area contributed by atoms with Crippen LogP contribution in [0, 0.1) is 12.7 Å². The molecule has 2 unspecified atom stereocenters. The fraction of sp³-hybridized carbons (Fsp3) is 0.182. The number of anilines is 1. The van der Waals surface area contributed by atoms with Crippen molar-refractivity contribution in [3.05, 3.63) is 99.3 Å². The summed E-state index contributed by atoms with van der Waals surface area (Å²) >= 11 is 12.2. The minimum Gasteiger partial charge on any atom is -0.388 e. The van der Waals surface area contributed by atoms with Crippen LogP contribution >= 0.6 is 23.2 Å². The molecule has 0 saturated carbocycles. The first-order valence-electron chi connectivity index (χ1n) is 8.64. The molecule has 2 atom stereocenters. The molecule has 0 amide bonds. The molecule has 0 aliphatic rings. The summed E-state index contributed by atoms with van der Waals surface area (Å²) < 4.78 is 13.2. The lowest BCUT2D eigenvalue weighted by Crippen LogP contribution is -2.15. The number of aliphatic hydroxyl groups is 1. The van der Waals surface area contributed by atoms with Crippen LogP contribution in [0.25, 0.3) is 0 Å². The molecule has 140 valence electrons. The molecule has 0 heterocycles.